The average molecular weight is 368 g/mol. The van der Waals surface area contributed by atoms with Crippen LogP contribution in [0.1, 0.15) is 42.2 Å². The summed E-state index contributed by atoms with van der Waals surface area (Å²) in [4.78, 5) is 12.1. The van der Waals surface area contributed by atoms with E-state index in [2.05, 4.69) is 12.2 Å². The third-order valence-electron chi connectivity index (χ3n) is 4.82. The fourth-order valence-corrected chi connectivity index (χ4v) is 3.46. The predicted octanol–water partition coefficient (Wildman–Crippen LogP) is 4.83. The van der Waals surface area contributed by atoms with Crippen LogP contribution < -0.4 is 4.74 Å². The zero-order valence-corrected chi connectivity index (χ0v) is 14.9. The lowest BCUT2D eigenvalue weighted by Gasteiger charge is -2.28. The number of halogens is 1. The molecule has 4 rings (SSSR count). The van der Waals surface area contributed by atoms with Crippen LogP contribution in [-0.2, 0) is 27.5 Å². The Bertz CT molecular complexity index is 847. The molecule has 2 aromatic carbocycles. The van der Waals surface area contributed by atoms with Crippen molar-refractivity contribution in [1.82, 2.24) is 0 Å². The van der Waals surface area contributed by atoms with Gasteiger partial charge in [-0.2, -0.15) is 0 Å². The summed E-state index contributed by atoms with van der Waals surface area (Å²) in [6, 6.07) is 12.3. The molecular weight excluding hydrogens is 347 g/mol. The van der Waals surface area contributed by atoms with E-state index in [9.17, 15) is 9.18 Å². The summed E-state index contributed by atoms with van der Waals surface area (Å²) >= 11 is 0. The Kier molecular flexibility index (Phi) is 5.21. The topological polar surface area (TPSA) is 44.8 Å². The highest BCUT2D eigenvalue weighted by atomic mass is 19.1. The minimum absolute atomic E-state index is 0.0170. The molecule has 27 heavy (non-hydrogen) atoms. The van der Waals surface area contributed by atoms with Crippen LogP contribution in [0, 0.1) is 11.7 Å². The number of hydrogen-bond acceptors (Lipinski definition) is 4. The molecule has 1 aliphatic heterocycles. The molecule has 0 saturated heterocycles. The number of benzene rings is 2. The fraction of sp³-hybridized carbons (Fsp3) is 0.318. The first-order chi connectivity index (χ1) is 13.2. The van der Waals surface area contributed by atoms with Crippen molar-refractivity contribution in [2.24, 2.45) is 5.92 Å². The Morgan fingerprint density at radius 2 is 2.07 bits per heavy atom. The van der Waals surface area contributed by atoms with Gasteiger partial charge in [0, 0.05) is 16.7 Å². The van der Waals surface area contributed by atoms with E-state index in [0.717, 1.165) is 18.4 Å². The molecule has 0 spiro atoms. The molecule has 1 aliphatic carbocycles. The van der Waals surface area contributed by atoms with Gasteiger partial charge < -0.3 is 14.2 Å². The third-order valence-corrected chi connectivity index (χ3v) is 4.82. The molecule has 0 unspecified atom stereocenters. The molecule has 2 atom stereocenters. The maximum absolute atomic E-state index is 14.0. The van der Waals surface area contributed by atoms with Crippen LogP contribution in [0.3, 0.4) is 0 Å². The zero-order chi connectivity index (χ0) is 18.6. The molecule has 2 aliphatic rings. The second-order valence-electron chi connectivity index (χ2n) is 6.86. The second kappa shape index (κ2) is 7.92. The Morgan fingerprint density at radius 3 is 2.85 bits per heavy atom. The van der Waals surface area contributed by atoms with Gasteiger partial charge in [0.05, 0.1) is 13.0 Å². The number of ether oxygens (including phenoxy) is 3. The molecule has 1 heterocycles. The number of carbonyl (C=O) groups excluding carboxylic acids is 1. The molecular formula is C22H21FO4. The first kappa shape index (κ1) is 17.7. The van der Waals surface area contributed by atoms with Gasteiger partial charge in [0.15, 0.2) is 0 Å². The van der Waals surface area contributed by atoms with E-state index < -0.39 is 12.1 Å². The highest BCUT2D eigenvalue weighted by molar-refractivity contribution is 5.70. The van der Waals surface area contributed by atoms with Crippen LogP contribution in [0.5, 0.6) is 5.75 Å². The van der Waals surface area contributed by atoms with Gasteiger partial charge in [0.2, 0.25) is 6.29 Å². The number of fused-ring (bicyclic) bond motifs is 1. The van der Waals surface area contributed by atoms with Crippen LogP contribution in [0.2, 0.25) is 0 Å². The maximum Gasteiger partial charge on any atom is 0.306 e. The van der Waals surface area contributed by atoms with Crippen molar-refractivity contribution in [3.63, 3.8) is 0 Å². The van der Waals surface area contributed by atoms with Crippen LogP contribution in [0.15, 0.2) is 54.6 Å². The maximum atomic E-state index is 14.0. The number of esters is 1. The average Bonchev–Trinajstić information content (AvgIpc) is 3.19. The monoisotopic (exact) mass is 368 g/mol. The summed E-state index contributed by atoms with van der Waals surface area (Å²) < 4.78 is 31.0. The van der Waals surface area contributed by atoms with Gasteiger partial charge >= 0.3 is 5.97 Å². The summed E-state index contributed by atoms with van der Waals surface area (Å²) in [5.41, 5.74) is 2.01. The van der Waals surface area contributed by atoms with Crippen LogP contribution >= 0.6 is 0 Å². The van der Waals surface area contributed by atoms with Crippen molar-refractivity contribution in [3.05, 3.63) is 77.1 Å². The van der Waals surface area contributed by atoms with E-state index >= 15 is 0 Å². The Balaban J connectivity index is 1.47. The number of rotatable bonds is 5. The Hall–Kier alpha value is -2.66. The van der Waals surface area contributed by atoms with Crippen LogP contribution in [-0.4, -0.2) is 5.97 Å². The predicted molar refractivity (Wildman–Crippen MR) is 97.3 cm³/mol. The standard InChI is InChI=1S/C22H21FO4/c23-19-11-17(13-25-20(24)10-15-6-4-5-7-15)21-18(12-19)14-26-22(27-21)16-8-2-1-3-9-16/h1-4,6,8-9,11-12,15,22H,5,7,10,13-14H2/t15-,22+/m1/s1. The lowest BCUT2D eigenvalue weighted by atomic mass is 10.1. The lowest BCUT2D eigenvalue weighted by Crippen LogP contribution is -2.20. The Morgan fingerprint density at radius 1 is 1.22 bits per heavy atom. The van der Waals surface area contributed by atoms with Gasteiger partial charge in [-0.25, -0.2) is 4.39 Å². The molecule has 0 fully saturated rings. The molecule has 4 nitrogen and oxygen atoms in total. The van der Waals surface area contributed by atoms with Crippen molar-refractivity contribution in [1.29, 1.82) is 0 Å². The highest BCUT2D eigenvalue weighted by Crippen LogP contribution is 2.37. The molecule has 0 aromatic heterocycles. The molecule has 0 radical (unpaired) electrons. The SMILES string of the molecule is O=C(C[C@@H]1C=CCC1)OCc1cc(F)cc2c1O[C@@H](c1ccccc1)OC2. The summed E-state index contributed by atoms with van der Waals surface area (Å²) in [5, 5.41) is 0. The van der Waals surface area contributed by atoms with Gasteiger partial charge in [-0.15, -0.1) is 0 Å². The van der Waals surface area contributed by atoms with Crippen molar-refractivity contribution in [2.75, 3.05) is 0 Å². The van der Waals surface area contributed by atoms with E-state index in [0.29, 0.717) is 23.3 Å². The van der Waals surface area contributed by atoms with Crippen molar-refractivity contribution < 1.29 is 23.4 Å². The summed E-state index contributed by atoms with van der Waals surface area (Å²) in [6.07, 6.45) is 5.90. The van der Waals surface area contributed by atoms with Crippen molar-refractivity contribution in [2.45, 2.75) is 38.8 Å². The highest BCUT2D eigenvalue weighted by Gasteiger charge is 2.26. The third kappa shape index (κ3) is 4.19. The van der Waals surface area contributed by atoms with Gasteiger partial charge in [0.1, 0.15) is 18.2 Å². The van der Waals surface area contributed by atoms with Gasteiger partial charge in [0.25, 0.3) is 0 Å². The first-order valence-corrected chi connectivity index (χ1v) is 9.16. The minimum atomic E-state index is -0.567. The summed E-state index contributed by atoms with van der Waals surface area (Å²) in [5.74, 6) is 0.0937. The van der Waals surface area contributed by atoms with E-state index in [4.69, 9.17) is 14.2 Å². The summed E-state index contributed by atoms with van der Waals surface area (Å²) in [7, 11) is 0. The number of allylic oxidation sites excluding steroid dienone is 2. The molecule has 140 valence electrons. The van der Waals surface area contributed by atoms with Crippen LogP contribution in [0.25, 0.3) is 0 Å². The van der Waals surface area contributed by atoms with Gasteiger partial charge in [-0.3, -0.25) is 4.79 Å². The fourth-order valence-electron chi connectivity index (χ4n) is 3.46. The van der Waals surface area contributed by atoms with Crippen molar-refractivity contribution >= 4 is 5.97 Å². The zero-order valence-electron chi connectivity index (χ0n) is 14.9. The minimum Gasteiger partial charge on any atom is -0.461 e. The van der Waals surface area contributed by atoms with Gasteiger partial charge in [-0.1, -0.05) is 42.5 Å². The van der Waals surface area contributed by atoms with E-state index in [1.165, 1.54) is 12.1 Å². The largest absolute Gasteiger partial charge is 0.461 e. The van der Waals surface area contributed by atoms with E-state index in [1.54, 1.807) is 0 Å². The molecule has 0 saturated carbocycles. The first-order valence-electron chi connectivity index (χ1n) is 9.16. The number of hydrogen-bond donors (Lipinski definition) is 0. The number of carbonyl (C=O) groups is 1. The molecule has 2 aromatic rings. The Labute approximate surface area is 157 Å². The van der Waals surface area contributed by atoms with E-state index in [-0.39, 0.29) is 25.1 Å². The van der Waals surface area contributed by atoms with Gasteiger partial charge in [-0.05, 0) is 30.9 Å². The lowest BCUT2D eigenvalue weighted by molar-refractivity contribution is -0.146. The summed E-state index contributed by atoms with van der Waals surface area (Å²) in [6.45, 7) is 0.220. The second-order valence-corrected chi connectivity index (χ2v) is 6.86. The normalized spacial score (nSPS) is 20.8. The molecule has 0 bridgehead atoms. The molecule has 0 N–H and O–H groups in total. The van der Waals surface area contributed by atoms with Crippen LogP contribution in [0.4, 0.5) is 4.39 Å². The van der Waals surface area contributed by atoms with E-state index in [1.807, 2.05) is 30.3 Å². The molecule has 0 amide bonds. The molecule has 5 heteroatoms. The van der Waals surface area contributed by atoms with Crippen molar-refractivity contribution in [3.8, 4) is 5.75 Å². The smallest absolute Gasteiger partial charge is 0.306 e. The quantitative estimate of drug-likeness (QED) is 0.560.